The molecular formula is C18H22O8. The summed E-state index contributed by atoms with van der Waals surface area (Å²) in [5.41, 5.74) is -3.86. The molecule has 8 heteroatoms. The number of epoxide rings is 2. The smallest absolute Gasteiger partial charge is 0.312 e. The van der Waals surface area contributed by atoms with Crippen molar-refractivity contribution in [1.29, 1.82) is 0 Å². The van der Waals surface area contributed by atoms with Gasteiger partial charge in [0.25, 0.3) is 0 Å². The highest BCUT2D eigenvalue weighted by atomic mass is 16.7. The van der Waals surface area contributed by atoms with Crippen LogP contribution in [0.25, 0.3) is 0 Å². The van der Waals surface area contributed by atoms with Gasteiger partial charge in [0.15, 0.2) is 11.9 Å². The Morgan fingerprint density at radius 3 is 2.38 bits per heavy atom. The number of aliphatic hydroxyl groups is 1. The molecule has 142 valence electrons. The minimum absolute atomic E-state index is 0.233. The van der Waals surface area contributed by atoms with Gasteiger partial charge in [0, 0.05) is 12.8 Å². The maximum absolute atomic E-state index is 13.5. The molecule has 1 N–H and O–H groups in total. The van der Waals surface area contributed by atoms with Crippen LogP contribution in [0.3, 0.4) is 0 Å². The van der Waals surface area contributed by atoms with E-state index in [2.05, 4.69) is 6.58 Å². The number of methoxy groups -OCH3 is 1. The van der Waals surface area contributed by atoms with Gasteiger partial charge >= 0.3 is 11.9 Å². The van der Waals surface area contributed by atoms with E-state index in [9.17, 15) is 19.5 Å². The summed E-state index contributed by atoms with van der Waals surface area (Å²) in [6.07, 6.45) is -2.45. The standard InChI is InChI=1S/C18H22O8/c1-7(2)9-10(15(21)23-5)18(22)14-13(26-14)17(6-24-17)16(18,4)12(20)11(9)25-8(3)19/h9-11,13-14,22H,1,6H2,2-5H3. The molecule has 0 radical (unpaired) electrons. The van der Waals surface area contributed by atoms with E-state index in [-0.39, 0.29) is 6.61 Å². The molecular weight excluding hydrogens is 344 g/mol. The summed E-state index contributed by atoms with van der Waals surface area (Å²) in [4.78, 5) is 37.9. The van der Waals surface area contributed by atoms with E-state index in [1.54, 1.807) is 13.8 Å². The molecule has 0 aromatic carbocycles. The average molecular weight is 366 g/mol. The topological polar surface area (TPSA) is 115 Å². The lowest BCUT2D eigenvalue weighted by Crippen LogP contribution is -2.72. The molecule has 4 aliphatic rings. The molecule has 0 aromatic rings. The van der Waals surface area contributed by atoms with E-state index < -0.39 is 64.5 Å². The number of ether oxygens (including phenoxy) is 4. The fraction of sp³-hybridized carbons (Fsp3) is 0.722. The highest BCUT2D eigenvalue weighted by Crippen LogP contribution is 2.73. The van der Waals surface area contributed by atoms with Crippen LogP contribution in [0.5, 0.6) is 0 Å². The zero-order valence-electron chi connectivity index (χ0n) is 15.1. The van der Waals surface area contributed by atoms with Gasteiger partial charge in [0.1, 0.15) is 23.4 Å². The lowest BCUT2D eigenvalue weighted by molar-refractivity contribution is -0.221. The van der Waals surface area contributed by atoms with Crippen LogP contribution >= 0.6 is 0 Å². The normalized spacial score (nSPS) is 50.7. The Morgan fingerprint density at radius 2 is 1.92 bits per heavy atom. The van der Waals surface area contributed by atoms with Crippen molar-refractivity contribution in [2.45, 2.75) is 50.3 Å². The van der Waals surface area contributed by atoms with Crippen LogP contribution < -0.4 is 0 Å². The van der Waals surface area contributed by atoms with Crippen LogP contribution in [0.4, 0.5) is 0 Å². The van der Waals surface area contributed by atoms with E-state index in [4.69, 9.17) is 18.9 Å². The van der Waals surface area contributed by atoms with Crippen LogP contribution in [0.1, 0.15) is 20.8 Å². The molecule has 2 saturated heterocycles. The quantitative estimate of drug-likeness (QED) is 0.414. The second-order valence-electron chi connectivity index (χ2n) is 7.87. The van der Waals surface area contributed by atoms with Gasteiger partial charge in [0.2, 0.25) is 0 Å². The Hall–Kier alpha value is -1.77. The molecule has 8 unspecified atom stereocenters. The Labute approximate surface area is 150 Å². The Bertz CT molecular complexity index is 739. The van der Waals surface area contributed by atoms with Crippen LogP contribution in [-0.2, 0) is 33.3 Å². The third kappa shape index (κ3) is 1.68. The van der Waals surface area contributed by atoms with Crippen LogP contribution in [0.2, 0.25) is 0 Å². The summed E-state index contributed by atoms with van der Waals surface area (Å²) in [7, 11) is 1.21. The summed E-state index contributed by atoms with van der Waals surface area (Å²) < 4.78 is 21.5. The number of fused-ring (bicyclic) bond motifs is 5. The third-order valence-corrected chi connectivity index (χ3v) is 6.72. The van der Waals surface area contributed by atoms with Gasteiger partial charge in [-0.1, -0.05) is 12.2 Å². The molecule has 2 saturated carbocycles. The number of carbonyl (C=O) groups is 3. The van der Waals surface area contributed by atoms with E-state index in [1.807, 2.05) is 0 Å². The average Bonchev–Trinajstić information content (AvgIpc) is 3.43. The van der Waals surface area contributed by atoms with Crippen molar-refractivity contribution < 1.29 is 38.4 Å². The van der Waals surface area contributed by atoms with Crippen LogP contribution in [-0.4, -0.2) is 66.1 Å². The Morgan fingerprint density at radius 1 is 1.31 bits per heavy atom. The second-order valence-corrected chi connectivity index (χ2v) is 7.87. The third-order valence-electron chi connectivity index (χ3n) is 6.72. The number of hydrogen-bond acceptors (Lipinski definition) is 8. The molecule has 4 rings (SSSR count). The molecule has 2 aliphatic carbocycles. The van der Waals surface area contributed by atoms with E-state index in [0.29, 0.717) is 5.57 Å². The highest BCUT2D eigenvalue weighted by molar-refractivity contribution is 5.98. The van der Waals surface area contributed by atoms with Crippen molar-refractivity contribution in [3.63, 3.8) is 0 Å². The maximum Gasteiger partial charge on any atom is 0.312 e. The molecule has 0 amide bonds. The molecule has 8 atom stereocenters. The molecule has 8 nitrogen and oxygen atoms in total. The van der Waals surface area contributed by atoms with Crippen molar-refractivity contribution in [2.24, 2.45) is 17.3 Å². The lowest BCUT2D eigenvalue weighted by Gasteiger charge is -2.54. The molecule has 2 aliphatic heterocycles. The monoisotopic (exact) mass is 366 g/mol. The van der Waals surface area contributed by atoms with Crippen molar-refractivity contribution >= 4 is 17.7 Å². The largest absolute Gasteiger partial charge is 0.469 e. The number of rotatable bonds is 3. The minimum atomic E-state index is -1.83. The SMILES string of the molecule is C=C(C)C1C(OC(C)=O)C(=O)C2(C)C3(CO3)C3OC3C2(O)C1C(=O)OC. The number of Topliss-reactive ketones (excluding diaryl/α,β-unsaturated/α-hetero) is 1. The molecule has 0 aromatic heterocycles. The number of esters is 2. The lowest BCUT2D eigenvalue weighted by atomic mass is 9.52. The summed E-state index contributed by atoms with van der Waals surface area (Å²) >= 11 is 0. The fourth-order valence-electron chi connectivity index (χ4n) is 5.33. The Kier molecular flexibility index (Phi) is 3.35. The molecule has 0 bridgehead atoms. The van der Waals surface area contributed by atoms with E-state index in [0.717, 1.165) is 0 Å². The molecule has 2 heterocycles. The Balaban J connectivity index is 1.93. The molecule has 1 spiro atoms. The van der Waals surface area contributed by atoms with Crippen molar-refractivity contribution in [3.8, 4) is 0 Å². The van der Waals surface area contributed by atoms with Gasteiger partial charge in [0.05, 0.1) is 25.0 Å². The predicted molar refractivity (Wildman–Crippen MR) is 84.8 cm³/mol. The first kappa shape index (κ1) is 17.6. The highest BCUT2D eigenvalue weighted by Gasteiger charge is 2.93. The van der Waals surface area contributed by atoms with Crippen LogP contribution in [0, 0.1) is 17.3 Å². The first-order valence-corrected chi connectivity index (χ1v) is 8.54. The first-order chi connectivity index (χ1) is 12.1. The van der Waals surface area contributed by atoms with Crippen molar-refractivity contribution in [2.75, 3.05) is 13.7 Å². The summed E-state index contributed by atoms with van der Waals surface area (Å²) in [6.45, 7) is 8.48. The summed E-state index contributed by atoms with van der Waals surface area (Å²) in [5.74, 6) is -3.93. The predicted octanol–water partition coefficient (Wildman–Crippen LogP) is -0.230. The van der Waals surface area contributed by atoms with Crippen molar-refractivity contribution in [3.05, 3.63) is 12.2 Å². The number of hydrogen-bond donors (Lipinski definition) is 1. The van der Waals surface area contributed by atoms with Gasteiger partial charge in [-0.25, -0.2) is 0 Å². The zero-order valence-corrected chi connectivity index (χ0v) is 15.1. The second kappa shape index (κ2) is 4.94. The van der Waals surface area contributed by atoms with Crippen molar-refractivity contribution in [1.82, 2.24) is 0 Å². The zero-order chi connectivity index (χ0) is 19.2. The van der Waals surface area contributed by atoms with Gasteiger partial charge in [-0.3, -0.25) is 14.4 Å². The van der Waals surface area contributed by atoms with E-state index in [1.165, 1.54) is 14.0 Å². The van der Waals surface area contributed by atoms with Gasteiger partial charge in [-0.2, -0.15) is 0 Å². The maximum atomic E-state index is 13.5. The summed E-state index contributed by atoms with van der Waals surface area (Å²) in [5, 5.41) is 11.8. The van der Waals surface area contributed by atoms with Crippen LogP contribution in [0.15, 0.2) is 12.2 Å². The minimum Gasteiger partial charge on any atom is -0.469 e. The molecule has 4 fully saturated rings. The van der Waals surface area contributed by atoms with Gasteiger partial charge in [-0.05, 0) is 13.8 Å². The molecule has 26 heavy (non-hydrogen) atoms. The first-order valence-electron chi connectivity index (χ1n) is 8.54. The van der Waals surface area contributed by atoms with Gasteiger partial charge < -0.3 is 24.1 Å². The number of ketones is 1. The van der Waals surface area contributed by atoms with Gasteiger partial charge in [-0.15, -0.1) is 0 Å². The fourth-order valence-corrected chi connectivity index (χ4v) is 5.33. The summed E-state index contributed by atoms with van der Waals surface area (Å²) in [6, 6.07) is 0. The van der Waals surface area contributed by atoms with E-state index >= 15 is 0 Å². The number of carbonyl (C=O) groups excluding carboxylic acids is 3.